The number of nitrogens with one attached hydrogen (secondary N) is 1. The maximum atomic E-state index is 4.22. The van der Waals surface area contributed by atoms with E-state index >= 15 is 0 Å². The van der Waals surface area contributed by atoms with E-state index in [-0.39, 0.29) is 0 Å². The summed E-state index contributed by atoms with van der Waals surface area (Å²) in [7, 11) is 0. The van der Waals surface area contributed by atoms with Gasteiger partial charge in [0.25, 0.3) is 0 Å². The summed E-state index contributed by atoms with van der Waals surface area (Å²) in [5.74, 6) is 0.977. The van der Waals surface area contributed by atoms with Crippen LogP contribution < -0.4 is 0 Å². The van der Waals surface area contributed by atoms with Crippen LogP contribution in [-0.4, -0.2) is 9.97 Å². The Bertz CT molecular complexity index is 246. The maximum Gasteiger partial charge on any atom is 0.103 e. The van der Waals surface area contributed by atoms with Crippen LogP contribution in [0.4, 0.5) is 0 Å². The van der Waals surface area contributed by atoms with Crippen LogP contribution in [0.5, 0.6) is 0 Å². The van der Waals surface area contributed by atoms with E-state index in [0.717, 1.165) is 17.2 Å². The molecular weight excluding hydrogens is 124 g/mol. The van der Waals surface area contributed by atoms with E-state index in [1.807, 2.05) is 32.9 Å². The number of hydrogen-bond donors (Lipinski definition) is 1. The molecule has 0 fully saturated rings. The third-order valence-electron chi connectivity index (χ3n) is 1.37. The van der Waals surface area contributed by atoms with Crippen molar-refractivity contribution >= 4 is 6.08 Å². The highest BCUT2D eigenvalue weighted by molar-refractivity contribution is 5.46. The monoisotopic (exact) mass is 136 g/mol. The number of allylic oxidation sites excluding steroid dienone is 1. The Morgan fingerprint density at radius 3 is 2.50 bits per heavy atom. The summed E-state index contributed by atoms with van der Waals surface area (Å²) in [6.07, 6.45) is 4.02. The Morgan fingerprint density at radius 2 is 2.10 bits per heavy atom. The second-order valence-corrected chi connectivity index (χ2v) is 2.32. The molecule has 10 heavy (non-hydrogen) atoms. The third-order valence-corrected chi connectivity index (χ3v) is 1.37. The molecular formula is C8H12N2. The average Bonchev–Trinajstić information content (AvgIpc) is 2.13. The van der Waals surface area contributed by atoms with Crippen LogP contribution in [0.25, 0.3) is 6.08 Å². The predicted molar refractivity (Wildman–Crippen MR) is 42.8 cm³/mol. The molecule has 0 atom stereocenters. The molecule has 0 saturated carbocycles. The summed E-state index contributed by atoms with van der Waals surface area (Å²) in [4.78, 5) is 7.37. The quantitative estimate of drug-likeness (QED) is 0.629. The first-order valence-electron chi connectivity index (χ1n) is 3.40. The first kappa shape index (κ1) is 7.06. The van der Waals surface area contributed by atoms with Crippen molar-refractivity contribution in [1.29, 1.82) is 0 Å². The van der Waals surface area contributed by atoms with Crippen LogP contribution in [0.15, 0.2) is 6.08 Å². The van der Waals surface area contributed by atoms with Crippen LogP contribution in [0, 0.1) is 13.8 Å². The van der Waals surface area contributed by atoms with Crippen molar-refractivity contribution in [3.8, 4) is 0 Å². The zero-order chi connectivity index (χ0) is 7.56. The molecule has 0 aliphatic rings. The lowest BCUT2D eigenvalue weighted by Crippen LogP contribution is -1.73. The third kappa shape index (κ3) is 1.26. The van der Waals surface area contributed by atoms with E-state index in [4.69, 9.17) is 0 Å². The van der Waals surface area contributed by atoms with Gasteiger partial charge in [-0.2, -0.15) is 0 Å². The van der Waals surface area contributed by atoms with Gasteiger partial charge in [0.05, 0.1) is 11.4 Å². The summed E-state index contributed by atoms with van der Waals surface area (Å²) in [5.41, 5.74) is 2.18. The van der Waals surface area contributed by atoms with E-state index in [0.29, 0.717) is 0 Å². The van der Waals surface area contributed by atoms with Crippen molar-refractivity contribution in [2.24, 2.45) is 0 Å². The highest BCUT2D eigenvalue weighted by Gasteiger charge is 1.96. The van der Waals surface area contributed by atoms with Gasteiger partial charge in [0, 0.05) is 0 Å². The molecule has 0 saturated heterocycles. The van der Waals surface area contributed by atoms with Gasteiger partial charge in [0.2, 0.25) is 0 Å². The highest BCUT2D eigenvalue weighted by Crippen LogP contribution is 2.05. The van der Waals surface area contributed by atoms with Crippen LogP contribution in [-0.2, 0) is 0 Å². The molecule has 0 unspecified atom stereocenters. The number of nitrogens with zero attached hydrogens (tertiary/aromatic N) is 1. The highest BCUT2D eigenvalue weighted by atomic mass is 14.9. The Hall–Kier alpha value is -1.05. The number of aromatic nitrogens is 2. The topological polar surface area (TPSA) is 28.7 Å². The number of hydrogen-bond acceptors (Lipinski definition) is 1. The summed E-state index contributed by atoms with van der Waals surface area (Å²) in [6, 6.07) is 0. The van der Waals surface area contributed by atoms with E-state index in [9.17, 15) is 0 Å². The SMILES string of the molecule is C/C=C\c1[nH]c(C)nc1C. The maximum absolute atomic E-state index is 4.22. The molecule has 2 heteroatoms. The largest absolute Gasteiger partial charge is 0.343 e. The van der Waals surface area contributed by atoms with Crippen LogP contribution in [0.2, 0.25) is 0 Å². The summed E-state index contributed by atoms with van der Waals surface area (Å²) < 4.78 is 0. The molecule has 54 valence electrons. The molecule has 1 aromatic rings. The molecule has 1 heterocycles. The predicted octanol–water partition coefficient (Wildman–Crippen LogP) is 2.06. The molecule has 1 N–H and O–H groups in total. The van der Waals surface area contributed by atoms with Gasteiger partial charge in [-0.1, -0.05) is 6.08 Å². The minimum absolute atomic E-state index is 0.977. The Morgan fingerprint density at radius 1 is 1.40 bits per heavy atom. The molecule has 0 spiro atoms. The average molecular weight is 136 g/mol. The van der Waals surface area contributed by atoms with E-state index in [2.05, 4.69) is 9.97 Å². The summed E-state index contributed by atoms with van der Waals surface area (Å²) in [5, 5.41) is 0. The van der Waals surface area contributed by atoms with Gasteiger partial charge in [0.1, 0.15) is 5.82 Å². The fraction of sp³-hybridized carbons (Fsp3) is 0.375. The number of aromatic amines is 1. The van der Waals surface area contributed by atoms with E-state index in [1.165, 1.54) is 0 Å². The second kappa shape index (κ2) is 2.69. The molecule has 0 bridgehead atoms. The second-order valence-electron chi connectivity index (χ2n) is 2.32. The zero-order valence-electron chi connectivity index (χ0n) is 6.60. The number of H-pyrrole nitrogens is 1. The molecule has 0 aliphatic heterocycles. The molecule has 2 nitrogen and oxygen atoms in total. The lowest BCUT2D eigenvalue weighted by atomic mass is 10.3. The van der Waals surface area contributed by atoms with Gasteiger partial charge in [0.15, 0.2) is 0 Å². The van der Waals surface area contributed by atoms with Crippen molar-refractivity contribution in [2.75, 3.05) is 0 Å². The number of aryl methyl sites for hydroxylation is 2. The first-order valence-corrected chi connectivity index (χ1v) is 3.40. The van der Waals surface area contributed by atoms with Gasteiger partial charge in [-0.3, -0.25) is 0 Å². The molecule has 0 amide bonds. The van der Waals surface area contributed by atoms with E-state index < -0.39 is 0 Å². The van der Waals surface area contributed by atoms with Gasteiger partial charge in [-0.15, -0.1) is 0 Å². The van der Waals surface area contributed by atoms with Crippen LogP contribution in [0.3, 0.4) is 0 Å². The van der Waals surface area contributed by atoms with E-state index in [1.54, 1.807) is 0 Å². The normalized spacial score (nSPS) is 11.1. The minimum atomic E-state index is 0.977. The van der Waals surface area contributed by atoms with Crippen molar-refractivity contribution in [1.82, 2.24) is 9.97 Å². The first-order chi connectivity index (χ1) is 4.74. The molecule has 1 aromatic heterocycles. The Balaban J connectivity index is 3.03. The lowest BCUT2D eigenvalue weighted by molar-refractivity contribution is 1.13. The fourth-order valence-corrected chi connectivity index (χ4v) is 0.954. The summed E-state index contributed by atoms with van der Waals surface area (Å²) >= 11 is 0. The van der Waals surface area contributed by atoms with Crippen LogP contribution >= 0.6 is 0 Å². The molecule has 0 radical (unpaired) electrons. The van der Waals surface area contributed by atoms with Gasteiger partial charge in [-0.25, -0.2) is 4.98 Å². The lowest BCUT2D eigenvalue weighted by Gasteiger charge is -1.84. The molecule has 0 aromatic carbocycles. The van der Waals surface area contributed by atoms with Crippen molar-refractivity contribution < 1.29 is 0 Å². The summed E-state index contributed by atoms with van der Waals surface area (Å²) in [6.45, 7) is 5.95. The van der Waals surface area contributed by atoms with Crippen LogP contribution in [0.1, 0.15) is 24.1 Å². The Labute approximate surface area is 61.0 Å². The number of imidazole rings is 1. The van der Waals surface area contributed by atoms with Crippen molar-refractivity contribution in [3.05, 3.63) is 23.3 Å². The zero-order valence-corrected chi connectivity index (χ0v) is 6.60. The number of rotatable bonds is 1. The smallest absolute Gasteiger partial charge is 0.103 e. The van der Waals surface area contributed by atoms with Gasteiger partial charge >= 0.3 is 0 Å². The van der Waals surface area contributed by atoms with Crippen molar-refractivity contribution in [3.63, 3.8) is 0 Å². The fourth-order valence-electron chi connectivity index (χ4n) is 0.954. The molecule has 0 aliphatic carbocycles. The minimum Gasteiger partial charge on any atom is -0.343 e. The van der Waals surface area contributed by atoms with Gasteiger partial charge in [-0.05, 0) is 26.8 Å². The standard InChI is InChI=1S/C8H12N2/c1-4-5-8-6(2)9-7(3)10-8/h4-5H,1-3H3,(H,9,10)/b5-4-. The van der Waals surface area contributed by atoms with Crippen molar-refractivity contribution in [2.45, 2.75) is 20.8 Å². The Kier molecular flexibility index (Phi) is 1.90. The molecule has 1 rings (SSSR count). The van der Waals surface area contributed by atoms with Gasteiger partial charge < -0.3 is 4.98 Å².